The molecule has 0 radical (unpaired) electrons. The lowest BCUT2D eigenvalue weighted by molar-refractivity contribution is 0.101. The van der Waals surface area contributed by atoms with Gasteiger partial charge in [0.25, 0.3) is 5.91 Å². The molecule has 0 spiro atoms. The number of ketones is 1. The molecule has 4 nitrogen and oxygen atoms in total. The molecule has 0 aliphatic rings. The van der Waals surface area contributed by atoms with Crippen molar-refractivity contribution < 1.29 is 18.4 Å². The number of anilines is 2. The normalized spacial score (nSPS) is 10.2. The highest BCUT2D eigenvalue weighted by Crippen LogP contribution is 2.19. The van der Waals surface area contributed by atoms with Crippen LogP contribution in [-0.2, 0) is 0 Å². The van der Waals surface area contributed by atoms with Crippen LogP contribution >= 0.6 is 0 Å². The van der Waals surface area contributed by atoms with Crippen molar-refractivity contribution in [1.29, 1.82) is 0 Å². The highest BCUT2D eigenvalue weighted by molar-refractivity contribution is 6.05. The van der Waals surface area contributed by atoms with Crippen molar-refractivity contribution in [2.24, 2.45) is 0 Å². The first-order chi connectivity index (χ1) is 9.88. The Balaban J connectivity index is 2.24. The minimum Gasteiger partial charge on any atom is -0.396 e. The average Bonchev–Trinajstić information content (AvgIpc) is 2.43. The summed E-state index contributed by atoms with van der Waals surface area (Å²) in [6.45, 7) is 1.42. The Kier molecular flexibility index (Phi) is 3.98. The Labute approximate surface area is 119 Å². The van der Waals surface area contributed by atoms with Gasteiger partial charge in [-0.05, 0) is 43.3 Å². The number of carbonyl (C=O) groups excluding carboxylic acids is 2. The highest BCUT2D eigenvalue weighted by Gasteiger charge is 2.16. The molecule has 0 aliphatic heterocycles. The fraction of sp³-hybridized carbons (Fsp3) is 0.0667. The summed E-state index contributed by atoms with van der Waals surface area (Å²) in [6.07, 6.45) is 0. The van der Waals surface area contributed by atoms with E-state index in [1.165, 1.54) is 31.2 Å². The summed E-state index contributed by atoms with van der Waals surface area (Å²) in [7, 11) is 0. The van der Waals surface area contributed by atoms with Crippen molar-refractivity contribution in [2.75, 3.05) is 11.1 Å². The van der Waals surface area contributed by atoms with Crippen LogP contribution in [0.3, 0.4) is 0 Å². The third-order valence-electron chi connectivity index (χ3n) is 2.86. The van der Waals surface area contributed by atoms with E-state index in [0.717, 1.165) is 12.1 Å². The van der Waals surface area contributed by atoms with Crippen LogP contribution < -0.4 is 11.1 Å². The second-order valence-electron chi connectivity index (χ2n) is 4.44. The van der Waals surface area contributed by atoms with Crippen LogP contribution in [0.1, 0.15) is 27.6 Å². The molecule has 0 aromatic heterocycles. The van der Waals surface area contributed by atoms with Gasteiger partial charge in [0.05, 0.1) is 11.3 Å². The quantitative estimate of drug-likeness (QED) is 0.674. The fourth-order valence-electron chi connectivity index (χ4n) is 1.76. The summed E-state index contributed by atoms with van der Waals surface area (Å²) in [5.41, 5.74) is 5.19. The number of hydrogen-bond donors (Lipinski definition) is 2. The number of Topliss-reactive ketones (excluding diaryl/α,β-unsaturated/α-hetero) is 1. The Morgan fingerprint density at radius 3 is 2.29 bits per heavy atom. The number of amides is 1. The molecule has 0 bridgehead atoms. The van der Waals surface area contributed by atoms with Gasteiger partial charge in [0, 0.05) is 11.3 Å². The van der Waals surface area contributed by atoms with Gasteiger partial charge in [-0.3, -0.25) is 9.59 Å². The number of nitrogen functional groups attached to an aromatic ring is 1. The number of halogens is 2. The van der Waals surface area contributed by atoms with Crippen LogP contribution in [0.25, 0.3) is 0 Å². The van der Waals surface area contributed by atoms with E-state index in [0.29, 0.717) is 11.3 Å². The smallest absolute Gasteiger partial charge is 0.258 e. The standard InChI is InChI=1S/C15H12F2N2O2/c1-8(20)9-2-4-11(5-3-9)19-15(21)12-6-10(16)7-13(18)14(12)17/h2-7H,18H2,1H3,(H,19,21). The number of hydrogen-bond acceptors (Lipinski definition) is 3. The van der Waals surface area contributed by atoms with Gasteiger partial charge in [-0.2, -0.15) is 0 Å². The van der Waals surface area contributed by atoms with E-state index in [1.807, 2.05) is 0 Å². The van der Waals surface area contributed by atoms with Gasteiger partial charge < -0.3 is 11.1 Å². The first kappa shape index (κ1) is 14.6. The minimum atomic E-state index is -0.978. The van der Waals surface area contributed by atoms with Gasteiger partial charge >= 0.3 is 0 Å². The third kappa shape index (κ3) is 3.22. The molecule has 0 unspecified atom stereocenters. The van der Waals surface area contributed by atoms with E-state index in [4.69, 9.17) is 5.73 Å². The number of nitrogens with one attached hydrogen (secondary N) is 1. The Morgan fingerprint density at radius 2 is 1.71 bits per heavy atom. The highest BCUT2D eigenvalue weighted by atomic mass is 19.1. The molecule has 2 aromatic carbocycles. The number of nitrogens with two attached hydrogens (primary N) is 1. The molecular weight excluding hydrogens is 278 g/mol. The maximum absolute atomic E-state index is 13.7. The monoisotopic (exact) mass is 290 g/mol. The van der Waals surface area contributed by atoms with Gasteiger partial charge in [-0.15, -0.1) is 0 Å². The molecular formula is C15H12F2N2O2. The predicted octanol–water partition coefficient (Wildman–Crippen LogP) is 3.00. The molecule has 2 aromatic rings. The van der Waals surface area contributed by atoms with E-state index in [-0.39, 0.29) is 5.78 Å². The number of rotatable bonds is 3. The number of benzene rings is 2. The topological polar surface area (TPSA) is 72.2 Å². The van der Waals surface area contributed by atoms with E-state index >= 15 is 0 Å². The number of carbonyl (C=O) groups is 2. The van der Waals surface area contributed by atoms with Gasteiger partial charge in [-0.25, -0.2) is 8.78 Å². The molecule has 0 saturated heterocycles. The molecule has 3 N–H and O–H groups in total. The van der Waals surface area contributed by atoms with Gasteiger partial charge in [-0.1, -0.05) is 0 Å². The summed E-state index contributed by atoms with van der Waals surface area (Å²) in [5, 5.41) is 2.41. The molecule has 2 rings (SSSR count). The van der Waals surface area contributed by atoms with E-state index < -0.39 is 28.8 Å². The maximum atomic E-state index is 13.7. The molecule has 0 fully saturated rings. The zero-order chi connectivity index (χ0) is 15.6. The zero-order valence-electron chi connectivity index (χ0n) is 11.1. The Bertz CT molecular complexity index is 712. The van der Waals surface area contributed by atoms with Crippen molar-refractivity contribution in [2.45, 2.75) is 6.92 Å². The van der Waals surface area contributed by atoms with Crippen LogP contribution in [0.2, 0.25) is 0 Å². The summed E-state index contributed by atoms with van der Waals surface area (Å²) in [5.74, 6) is -2.72. The Hall–Kier alpha value is -2.76. The van der Waals surface area contributed by atoms with Gasteiger partial charge in [0.15, 0.2) is 11.6 Å². The molecule has 0 heterocycles. The third-order valence-corrected chi connectivity index (χ3v) is 2.86. The van der Waals surface area contributed by atoms with E-state index in [1.54, 1.807) is 0 Å². The van der Waals surface area contributed by atoms with Crippen molar-refractivity contribution in [3.63, 3.8) is 0 Å². The van der Waals surface area contributed by atoms with Crippen molar-refractivity contribution >= 4 is 23.1 Å². The summed E-state index contributed by atoms with van der Waals surface area (Å²) in [4.78, 5) is 23.0. The lowest BCUT2D eigenvalue weighted by Gasteiger charge is -2.08. The fourth-order valence-corrected chi connectivity index (χ4v) is 1.76. The molecule has 21 heavy (non-hydrogen) atoms. The Morgan fingerprint density at radius 1 is 1.10 bits per heavy atom. The molecule has 0 atom stereocenters. The van der Waals surface area contributed by atoms with Crippen LogP contribution in [0.4, 0.5) is 20.2 Å². The zero-order valence-corrected chi connectivity index (χ0v) is 11.1. The molecule has 0 saturated carbocycles. The summed E-state index contributed by atoms with van der Waals surface area (Å²) in [6, 6.07) is 7.60. The van der Waals surface area contributed by atoms with Crippen LogP contribution in [0.5, 0.6) is 0 Å². The second-order valence-corrected chi connectivity index (χ2v) is 4.44. The minimum absolute atomic E-state index is 0.114. The van der Waals surface area contributed by atoms with Crippen molar-refractivity contribution in [1.82, 2.24) is 0 Å². The predicted molar refractivity (Wildman–Crippen MR) is 75.2 cm³/mol. The van der Waals surface area contributed by atoms with E-state index in [9.17, 15) is 18.4 Å². The lowest BCUT2D eigenvalue weighted by Crippen LogP contribution is -2.15. The summed E-state index contributed by atoms with van der Waals surface area (Å²) < 4.78 is 26.9. The van der Waals surface area contributed by atoms with E-state index in [2.05, 4.69) is 5.32 Å². The van der Waals surface area contributed by atoms with Crippen molar-refractivity contribution in [3.05, 3.63) is 59.2 Å². The molecule has 108 valence electrons. The van der Waals surface area contributed by atoms with Gasteiger partial charge in [0.2, 0.25) is 0 Å². The first-order valence-corrected chi connectivity index (χ1v) is 6.05. The van der Waals surface area contributed by atoms with Crippen LogP contribution in [-0.4, -0.2) is 11.7 Å². The SMILES string of the molecule is CC(=O)c1ccc(NC(=O)c2cc(F)cc(N)c2F)cc1. The lowest BCUT2D eigenvalue weighted by atomic mass is 10.1. The molecule has 6 heteroatoms. The van der Waals surface area contributed by atoms with Crippen molar-refractivity contribution in [3.8, 4) is 0 Å². The summed E-state index contributed by atoms with van der Waals surface area (Å²) >= 11 is 0. The molecule has 1 amide bonds. The second kappa shape index (κ2) is 5.70. The average molecular weight is 290 g/mol. The van der Waals surface area contributed by atoms with Gasteiger partial charge in [0.1, 0.15) is 5.82 Å². The largest absolute Gasteiger partial charge is 0.396 e. The maximum Gasteiger partial charge on any atom is 0.258 e. The van der Waals surface area contributed by atoms with Crippen LogP contribution in [0, 0.1) is 11.6 Å². The molecule has 0 aliphatic carbocycles. The first-order valence-electron chi connectivity index (χ1n) is 6.05. The van der Waals surface area contributed by atoms with Crippen LogP contribution in [0.15, 0.2) is 36.4 Å².